The second-order valence-corrected chi connectivity index (χ2v) is 4.32. The molecule has 0 amide bonds. The summed E-state index contributed by atoms with van der Waals surface area (Å²) in [5.74, 6) is 0.236. The number of aryl methyl sites for hydroxylation is 2. The molecule has 0 fully saturated rings. The van der Waals surface area contributed by atoms with Crippen molar-refractivity contribution in [3.05, 3.63) is 53.1 Å². The van der Waals surface area contributed by atoms with Crippen molar-refractivity contribution in [2.24, 2.45) is 0 Å². The van der Waals surface area contributed by atoms with Gasteiger partial charge < -0.3 is 10.4 Å². The van der Waals surface area contributed by atoms with Gasteiger partial charge in [-0.05, 0) is 43.2 Å². The van der Waals surface area contributed by atoms with E-state index in [0.717, 1.165) is 17.8 Å². The fraction of sp³-hybridized carbons (Fsp3) is 0.286. The van der Waals surface area contributed by atoms with Gasteiger partial charge >= 0.3 is 0 Å². The van der Waals surface area contributed by atoms with Crippen LogP contribution in [0.25, 0.3) is 0 Å². The van der Waals surface area contributed by atoms with Crippen LogP contribution in [0.2, 0.25) is 0 Å². The minimum absolute atomic E-state index is 0.236. The Balaban J connectivity index is 1.96. The fourth-order valence-corrected chi connectivity index (χ4v) is 1.75. The zero-order chi connectivity index (χ0) is 13.0. The van der Waals surface area contributed by atoms with Crippen molar-refractivity contribution >= 4 is 0 Å². The summed E-state index contributed by atoms with van der Waals surface area (Å²) < 4.78 is 0. The number of aromatic nitrogens is 2. The van der Waals surface area contributed by atoms with Crippen LogP contribution in [-0.2, 0) is 13.1 Å². The van der Waals surface area contributed by atoms with Crippen LogP contribution in [0, 0.1) is 13.8 Å². The summed E-state index contributed by atoms with van der Waals surface area (Å²) in [7, 11) is 0. The SMILES string of the molecule is Cc1ccc(O)c(CNCc2ccncc2C)n1. The molecule has 2 aromatic rings. The van der Waals surface area contributed by atoms with Crippen molar-refractivity contribution in [3.63, 3.8) is 0 Å². The number of nitrogens with zero attached hydrogens (tertiary/aromatic N) is 2. The molecular formula is C14H17N3O. The predicted molar refractivity (Wildman–Crippen MR) is 70.2 cm³/mol. The lowest BCUT2D eigenvalue weighted by molar-refractivity contribution is 0.459. The molecule has 0 atom stereocenters. The average molecular weight is 243 g/mol. The lowest BCUT2D eigenvalue weighted by atomic mass is 10.1. The monoisotopic (exact) mass is 243 g/mol. The summed E-state index contributed by atoms with van der Waals surface area (Å²) in [6.07, 6.45) is 3.63. The predicted octanol–water partition coefficient (Wildman–Crippen LogP) is 2.09. The van der Waals surface area contributed by atoms with Crippen molar-refractivity contribution in [3.8, 4) is 5.75 Å². The van der Waals surface area contributed by atoms with E-state index in [4.69, 9.17) is 0 Å². The second-order valence-electron chi connectivity index (χ2n) is 4.32. The molecule has 0 saturated carbocycles. The van der Waals surface area contributed by atoms with Crippen LogP contribution < -0.4 is 5.32 Å². The van der Waals surface area contributed by atoms with E-state index < -0.39 is 0 Å². The molecule has 0 aliphatic heterocycles. The lowest BCUT2D eigenvalue weighted by Crippen LogP contribution is -2.15. The number of aromatic hydroxyl groups is 1. The highest BCUT2D eigenvalue weighted by Crippen LogP contribution is 2.14. The lowest BCUT2D eigenvalue weighted by Gasteiger charge is -2.08. The van der Waals surface area contributed by atoms with Crippen LogP contribution in [0.5, 0.6) is 5.75 Å². The summed E-state index contributed by atoms with van der Waals surface area (Å²) in [6.45, 7) is 5.24. The van der Waals surface area contributed by atoms with Crippen molar-refractivity contribution < 1.29 is 5.11 Å². The molecule has 2 rings (SSSR count). The van der Waals surface area contributed by atoms with E-state index in [1.807, 2.05) is 26.1 Å². The van der Waals surface area contributed by atoms with Crippen LogP contribution >= 0.6 is 0 Å². The first kappa shape index (κ1) is 12.5. The van der Waals surface area contributed by atoms with E-state index >= 15 is 0 Å². The number of pyridine rings is 2. The second kappa shape index (κ2) is 5.60. The first-order valence-corrected chi connectivity index (χ1v) is 5.92. The standard InChI is InChI=1S/C14H17N3O/c1-10-7-15-6-5-12(10)8-16-9-13-14(18)4-3-11(2)17-13/h3-7,16,18H,8-9H2,1-2H3. The third kappa shape index (κ3) is 3.05. The van der Waals surface area contributed by atoms with E-state index in [1.54, 1.807) is 18.3 Å². The smallest absolute Gasteiger partial charge is 0.138 e. The molecule has 4 nitrogen and oxygen atoms in total. The zero-order valence-corrected chi connectivity index (χ0v) is 10.6. The molecule has 0 aliphatic carbocycles. The van der Waals surface area contributed by atoms with Gasteiger partial charge in [0.15, 0.2) is 0 Å². The summed E-state index contributed by atoms with van der Waals surface area (Å²) in [6, 6.07) is 5.47. The summed E-state index contributed by atoms with van der Waals surface area (Å²) in [5, 5.41) is 13.0. The quantitative estimate of drug-likeness (QED) is 0.863. The molecule has 0 spiro atoms. The maximum absolute atomic E-state index is 9.67. The highest BCUT2D eigenvalue weighted by atomic mass is 16.3. The van der Waals surface area contributed by atoms with Crippen LogP contribution in [-0.4, -0.2) is 15.1 Å². The van der Waals surface area contributed by atoms with Gasteiger partial charge in [-0.15, -0.1) is 0 Å². The Labute approximate surface area is 107 Å². The van der Waals surface area contributed by atoms with E-state index in [1.165, 1.54) is 5.56 Å². The molecule has 0 unspecified atom stereocenters. The van der Waals surface area contributed by atoms with Crippen LogP contribution in [0.15, 0.2) is 30.6 Å². The molecule has 0 radical (unpaired) electrons. The Bertz CT molecular complexity index is 540. The minimum Gasteiger partial charge on any atom is -0.506 e. The first-order chi connectivity index (χ1) is 8.66. The molecule has 0 bridgehead atoms. The summed E-state index contributed by atoms with van der Waals surface area (Å²) in [4.78, 5) is 8.36. The Morgan fingerprint density at radius 3 is 2.78 bits per heavy atom. The maximum Gasteiger partial charge on any atom is 0.138 e. The normalized spacial score (nSPS) is 10.6. The van der Waals surface area contributed by atoms with Gasteiger partial charge in [0.2, 0.25) is 0 Å². The maximum atomic E-state index is 9.67. The molecular weight excluding hydrogens is 226 g/mol. The molecule has 2 N–H and O–H groups in total. The molecule has 0 aliphatic rings. The van der Waals surface area contributed by atoms with Crippen LogP contribution in [0.3, 0.4) is 0 Å². The number of nitrogens with one attached hydrogen (secondary N) is 1. The summed E-state index contributed by atoms with van der Waals surface area (Å²) >= 11 is 0. The largest absolute Gasteiger partial charge is 0.506 e. The highest BCUT2D eigenvalue weighted by molar-refractivity contribution is 5.27. The van der Waals surface area contributed by atoms with Gasteiger partial charge in [0, 0.05) is 31.2 Å². The first-order valence-electron chi connectivity index (χ1n) is 5.92. The van der Waals surface area contributed by atoms with E-state index in [-0.39, 0.29) is 5.75 Å². The van der Waals surface area contributed by atoms with Crippen molar-refractivity contribution in [2.75, 3.05) is 0 Å². The van der Waals surface area contributed by atoms with Crippen molar-refractivity contribution in [1.29, 1.82) is 0 Å². The van der Waals surface area contributed by atoms with Gasteiger partial charge in [0.05, 0.1) is 5.69 Å². The highest BCUT2D eigenvalue weighted by Gasteiger charge is 2.03. The third-order valence-electron chi connectivity index (χ3n) is 2.83. The molecule has 18 heavy (non-hydrogen) atoms. The Kier molecular flexibility index (Phi) is 3.89. The van der Waals surface area contributed by atoms with Crippen molar-refractivity contribution in [2.45, 2.75) is 26.9 Å². The molecule has 2 aromatic heterocycles. The number of hydrogen-bond donors (Lipinski definition) is 2. The fourth-order valence-electron chi connectivity index (χ4n) is 1.75. The zero-order valence-electron chi connectivity index (χ0n) is 10.6. The molecule has 0 aromatic carbocycles. The third-order valence-corrected chi connectivity index (χ3v) is 2.83. The van der Waals surface area contributed by atoms with Gasteiger partial charge in [-0.25, -0.2) is 0 Å². The van der Waals surface area contributed by atoms with E-state index in [0.29, 0.717) is 12.2 Å². The van der Waals surface area contributed by atoms with Gasteiger partial charge in [0.1, 0.15) is 5.75 Å². The Morgan fingerprint density at radius 2 is 2.00 bits per heavy atom. The topological polar surface area (TPSA) is 58.0 Å². The van der Waals surface area contributed by atoms with E-state index in [2.05, 4.69) is 15.3 Å². The number of rotatable bonds is 4. The molecule has 2 heterocycles. The Hall–Kier alpha value is -1.94. The number of hydrogen-bond acceptors (Lipinski definition) is 4. The van der Waals surface area contributed by atoms with Crippen LogP contribution in [0.1, 0.15) is 22.5 Å². The Morgan fingerprint density at radius 1 is 1.17 bits per heavy atom. The van der Waals surface area contributed by atoms with Gasteiger partial charge in [0.25, 0.3) is 0 Å². The van der Waals surface area contributed by atoms with Crippen LogP contribution in [0.4, 0.5) is 0 Å². The molecule has 0 saturated heterocycles. The summed E-state index contributed by atoms with van der Waals surface area (Å²) in [5.41, 5.74) is 3.95. The van der Waals surface area contributed by atoms with Gasteiger partial charge in [-0.3, -0.25) is 9.97 Å². The van der Waals surface area contributed by atoms with Crippen molar-refractivity contribution in [1.82, 2.24) is 15.3 Å². The molecule has 4 heteroatoms. The van der Waals surface area contributed by atoms with E-state index in [9.17, 15) is 5.11 Å². The average Bonchev–Trinajstić information content (AvgIpc) is 2.36. The minimum atomic E-state index is 0.236. The van der Waals surface area contributed by atoms with Gasteiger partial charge in [-0.1, -0.05) is 0 Å². The van der Waals surface area contributed by atoms with Gasteiger partial charge in [-0.2, -0.15) is 0 Å². The molecule has 94 valence electrons.